The minimum absolute atomic E-state index is 0.823. The van der Waals surface area contributed by atoms with Crippen molar-refractivity contribution in [1.29, 1.82) is 0 Å². The Kier molecular flexibility index (Phi) is 3.79. The summed E-state index contributed by atoms with van der Waals surface area (Å²) < 4.78 is 0. The number of hydrogen-bond donors (Lipinski definition) is 0. The molecule has 0 bridgehead atoms. The SMILES string of the molecule is CC(C)C1CC1c1ccc(Cc2ccc(C3CC3C)cc2)cc1. The molecule has 2 aromatic rings. The summed E-state index contributed by atoms with van der Waals surface area (Å²) in [5.41, 5.74) is 5.94. The fourth-order valence-electron chi connectivity index (χ4n) is 4.12. The van der Waals surface area contributed by atoms with Gasteiger partial charge in [-0.2, -0.15) is 0 Å². The zero-order chi connectivity index (χ0) is 16.0. The molecule has 0 amide bonds. The summed E-state index contributed by atoms with van der Waals surface area (Å²) in [5.74, 6) is 4.29. The van der Waals surface area contributed by atoms with Crippen molar-refractivity contribution < 1.29 is 0 Å². The summed E-state index contributed by atoms with van der Waals surface area (Å²) in [6.45, 7) is 7.06. The minimum atomic E-state index is 0.823. The molecule has 0 radical (unpaired) electrons. The van der Waals surface area contributed by atoms with Gasteiger partial charge in [0.05, 0.1) is 0 Å². The van der Waals surface area contributed by atoms with Gasteiger partial charge in [-0.05, 0) is 71.1 Å². The van der Waals surface area contributed by atoms with Gasteiger partial charge in [-0.1, -0.05) is 69.3 Å². The normalized spacial score (nSPS) is 28.9. The van der Waals surface area contributed by atoms with E-state index in [4.69, 9.17) is 0 Å². The molecule has 2 aromatic carbocycles. The second-order valence-electron chi connectivity index (χ2n) is 8.23. The second kappa shape index (κ2) is 5.82. The molecule has 2 aliphatic rings. The molecular formula is C23H28. The molecule has 0 aromatic heterocycles. The first-order valence-electron chi connectivity index (χ1n) is 9.29. The third kappa shape index (κ3) is 3.22. The van der Waals surface area contributed by atoms with E-state index in [-0.39, 0.29) is 0 Å². The van der Waals surface area contributed by atoms with E-state index < -0.39 is 0 Å². The number of rotatable bonds is 5. The lowest BCUT2D eigenvalue weighted by molar-refractivity contribution is 0.549. The van der Waals surface area contributed by atoms with Crippen molar-refractivity contribution in [2.45, 2.75) is 51.9 Å². The van der Waals surface area contributed by atoms with Crippen LogP contribution >= 0.6 is 0 Å². The van der Waals surface area contributed by atoms with Crippen LogP contribution in [0.5, 0.6) is 0 Å². The lowest BCUT2D eigenvalue weighted by Gasteiger charge is -2.07. The fraction of sp³-hybridized carbons (Fsp3) is 0.478. The molecule has 4 rings (SSSR count). The van der Waals surface area contributed by atoms with E-state index in [0.717, 1.165) is 36.0 Å². The van der Waals surface area contributed by atoms with E-state index in [0.29, 0.717) is 0 Å². The van der Waals surface area contributed by atoms with Gasteiger partial charge in [0.25, 0.3) is 0 Å². The molecule has 0 aliphatic heterocycles. The molecule has 0 nitrogen and oxygen atoms in total. The maximum absolute atomic E-state index is 2.36. The summed E-state index contributed by atoms with van der Waals surface area (Å²) in [5, 5.41) is 0. The van der Waals surface area contributed by atoms with Gasteiger partial charge in [0.1, 0.15) is 0 Å². The first-order chi connectivity index (χ1) is 11.1. The van der Waals surface area contributed by atoms with Crippen LogP contribution in [0.3, 0.4) is 0 Å². The highest BCUT2D eigenvalue weighted by Crippen LogP contribution is 2.51. The standard InChI is InChI=1S/C23H28/c1-15(2)21-14-23(21)20-10-6-18(7-11-20)13-17-4-8-19(9-5-17)22-12-16(22)3/h4-11,15-16,21-23H,12-14H2,1-3H3. The average molecular weight is 304 g/mol. The summed E-state index contributed by atoms with van der Waals surface area (Å²) in [4.78, 5) is 0. The maximum atomic E-state index is 2.36. The number of hydrogen-bond acceptors (Lipinski definition) is 0. The molecule has 0 saturated heterocycles. The number of benzene rings is 2. The van der Waals surface area contributed by atoms with Crippen LogP contribution in [0.15, 0.2) is 48.5 Å². The van der Waals surface area contributed by atoms with E-state index in [9.17, 15) is 0 Å². The first-order valence-corrected chi connectivity index (χ1v) is 9.29. The quantitative estimate of drug-likeness (QED) is 0.620. The topological polar surface area (TPSA) is 0 Å². The van der Waals surface area contributed by atoms with Crippen molar-refractivity contribution in [1.82, 2.24) is 0 Å². The smallest absolute Gasteiger partial charge is 0.00258 e. The Labute approximate surface area is 140 Å². The van der Waals surface area contributed by atoms with E-state index >= 15 is 0 Å². The lowest BCUT2D eigenvalue weighted by Crippen LogP contribution is -1.93. The summed E-state index contributed by atoms with van der Waals surface area (Å²) in [7, 11) is 0. The molecule has 0 heterocycles. The molecule has 120 valence electrons. The van der Waals surface area contributed by atoms with Gasteiger partial charge in [-0.3, -0.25) is 0 Å². The third-order valence-electron chi connectivity index (χ3n) is 6.03. The van der Waals surface area contributed by atoms with Crippen molar-refractivity contribution >= 4 is 0 Å². The molecule has 2 fully saturated rings. The minimum Gasteiger partial charge on any atom is -0.0625 e. The Hall–Kier alpha value is -1.56. The van der Waals surface area contributed by atoms with Crippen molar-refractivity contribution in [3.05, 3.63) is 70.8 Å². The van der Waals surface area contributed by atoms with Gasteiger partial charge in [0.15, 0.2) is 0 Å². The van der Waals surface area contributed by atoms with Crippen LogP contribution in [0, 0.1) is 17.8 Å². The van der Waals surface area contributed by atoms with Crippen LogP contribution in [0.4, 0.5) is 0 Å². The van der Waals surface area contributed by atoms with Crippen molar-refractivity contribution in [3.8, 4) is 0 Å². The van der Waals surface area contributed by atoms with Crippen LogP contribution < -0.4 is 0 Å². The van der Waals surface area contributed by atoms with Crippen LogP contribution in [-0.4, -0.2) is 0 Å². The second-order valence-corrected chi connectivity index (χ2v) is 8.23. The largest absolute Gasteiger partial charge is 0.0625 e. The van der Waals surface area contributed by atoms with Crippen LogP contribution in [0.25, 0.3) is 0 Å². The molecule has 2 aliphatic carbocycles. The highest BCUT2D eigenvalue weighted by molar-refractivity contribution is 5.35. The predicted molar refractivity (Wildman–Crippen MR) is 97.9 cm³/mol. The van der Waals surface area contributed by atoms with Crippen molar-refractivity contribution in [2.24, 2.45) is 17.8 Å². The van der Waals surface area contributed by atoms with Crippen molar-refractivity contribution in [3.63, 3.8) is 0 Å². The zero-order valence-electron chi connectivity index (χ0n) is 14.6. The van der Waals surface area contributed by atoms with Gasteiger partial charge >= 0.3 is 0 Å². The molecular weight excluding hydrogens is 276 g/mol. The molecule has 2 saturated carbocycles. The van der Waals surface area contributed by atoms with Gasteiger partial charge < -0.3 is 0 Å². The van der Waals surface area contributed by atoms with Gasteiger partial charge in [-0.15, -0.1) is 0 Å². The van der Waals surface area contributed by atoms with Gasteiger partial charge in [0.2, 0.25) is 0 Å². The zero-order valence-corrected chi connectivity index (χ0v) is 14.6. The van der Waals surface area contributed by atoms with Crippen LogP contribution in [-0.2, 0) is 6.42 Å². The van der Waals surface area contributed by atoms with Crippen molar-refractivity contribution in [2.75, 3.05) is 0 Å². The monoisotopic (exact) mass is 304 g/mol. The van der Waals surface area contributed by atoms with Gasteiger partial charge in [-0.25, -0.2) is 0 Å². The van der Waals surface area contributed by atoms with E-state index in [2.05, 4.69) is 69.3 Å². The molecule has 23 heavy (non-hydrogen) atoms. The van der Waals surface area contributed by atoms with E-state index in [1.54, 1.807) is 5.56 Å². The first kappa shape index (κ1) is 15.0. The maximum Gasteiger partial charge on any atom is -0.00258 e. The lowest BCUT2D eigenvalue weighted by atomic mass is 9.98. The molecule has 0 N–H and O–H groups in total. The highest BCUT2D eigenvalue weighted by Gasteiger charge is 2.39. The average Bonchev–Trinajstić information content (AvgIpc) is 3.45. The Morgan fingerprint density at radius 3 is 1.65 bits per heavy atom. The van der Waals surface area contributed by atoms with E-state index in [1.165, 1.54) is 29.5 Å². The predicted octanol–water partition coefficient (Wildman–Crippen LogP) is 6.16. The highest BCUT2D eigenvalue weighted by atomic mass is 14.4. The van der Waals surface area contributed by atoms with Crippen LogP contribution in [0.2, 0.25) is 0 Å². The molecule has 4 atom stereocenters. The molecule has 0 spiro atoms. The molecule has 4 unspecified atom stereocenters. The summed E-state index contributed by atoms with van der Waals surface area (Å²) in [6.07, 6.45) is 3.82. The van der Waals surface area contributed by atoms with Crippen LogP contribution in [0.1, 0.15) is 67.7 Å². The molecule has 0 heteroatoms. The Morgan fingerprint density at radius 1 is 0.783 bits per heavy atom. The summed E-state index contributed by atoms with van der Waals surface area (Å²) in [6, 6.07) is 18.7. The van der Waals surface area contributed by atoms with Gasteiger partial charge in [0, 0.05) is 0 Å². The van der Waals surface area contributed by atoms with E-state index in [1.807, 2.05) is 0 Å². The third-order valence-corrected chi connectivity index (χ3v) is 6.03. The fourth-order valence-corrected chi connectivity index (χ4v) is 4.12. The Morgan fingerprint density at radius 2 is 1.26 bits per heavy atom. The Balaban J connectivity index is 1.39. The Bertz CT molecular complexity index is 662. The summed E-state index contributed by atoms with van der Waals surface area (Å²) >= 11 is 0.